The first-order valence-corrected chi connectivity index (χ1v) is 3.70. The number of hydrogen-bond acceptors (Lipinski definition) is 8. The second kappa shape index (κ2) is 6.67. The van der Waals surface area contributed by atoms with E-state index in [-0.39, 0.29) is 27.3 Å². The van der Waals surface area contributed by atoms with E-state index in [1.54, 1.807) is 0 Å². The Hall–Kier alpha value is 1.18. The van der Waals surface area contributed by atoms with Crippen LogP contribution in [0.25, 0.3) is 0 Å². The van der Waals surface area contributed by atoms with E-state index < -0.39 is 20.5 Å². The minimum atomic E-state index is -4.94. The summed E-state index contributed by atoms with van der Waals surface area (Å²) in [5.74, 6) is 0. The van der Waals surface area contributed by atoms with Crippen LogP contribution < -0.4 is 37.3 Å². The first-order chi connectivity index (χ1) is 4.00. The van der Waals surface area contributed by atoms with Crippen molar-refractivity contribution in [1.82, 2.24) is 0 Å². The van der Waals surface area contributed by atoms with Gasteiger partial charge in [0.25, 0.3) is 0 Å². The maximum absolute atomic E-state index is 8.49. The molecule has 8 nitrogen and oxygen atoms in total. The molecule has 0 aliphatic rings. The van der Waals surface area contributed by atoms with Crippen LogP contribution >= 0.6 is 0 Å². The van der Waals surface area contributed by atoms with Crippen LogP contribution in [0.3, 0.4) is 0 Å². The number of hydrogen-bond donors (Lipinski definition) is 0. The topological polar surface area (TPSA) is 184 Å². The molecule has 0 saturated heterocycles. The molecule has 0 N–H and O–H groups in total. The zero-order valence-electron chi connectivity index (χ0n) is 4.73. The summed E-state index contributed by atoms with van der Waals surface area (Å²) in [6.45, 7) is 0. The molecule has 0 aliphatic heterocycles. The van der Waals surface area contributed by atoms with E-state index in [4.69, 9.17) is 37.3 Å². The van der Waals surface area contributed by atoms with Gasteiger partial charge in [-0.15, -0.1) is 20.5 Å². The second-order valence-electron chi connectivity index (χ2n) is 0.756. The SMILES string of the molecule is [Cd+2].[O-][Cl+3]([O-])([O-])[O-].[O-][Cl+3]([O-])([O-])[O-]. The van der Waals surface area contributed by atoms with Gasteiger partial charge in [-0.05, 0) is 0 Å². The van der Waals surface area contributed by atoms with Gasteiger partial charge in [-0.2, -0.15) is 0 Å². The fraction of sp³-hybridized carbons (Fsp3) is 0. The summed E-state index contributed by atoms with van der Waals surface area (Å²) in [6.07, 6.45) is 0. The first kappa shape index (κ1) is 18.1. The molecule has 11 heteroatoms. The molecule has 0 unspecified atom stereocenters. The monoisotopic (exact) mass is 312 g/mol. The minimum Gasteiger partial charge on any atom is -0.222 e. The molecule has 0 rings (SSSR count). The second-order valence-corrected chi connectivity index (χ2v) is 2.27. The summed E-state index contributed by atoms with van der Waals surface area (Å²) in [4.78, 5) is 0. The van der Waals surface area contributed by atoms with Crippen LogP contribution in [-0.4, -0.2) is 0 Å². The van der Waals surface area contributed by atoms with Crippen molar-refractivity contribution >= 4 is 0 Å². The molecule has 0 aromatic carbocycles. The molecule has 0 heterocycles. The molecule has 0 bridgehead atoms. The molecule has 0 aromatic heterocycles. The summed E-state index contributed by atoms with van der Waals surface area (Å²) >= 11 is 0. The molecular formula is CdCl2O8. The molecule has 64 valence electrons. The van der Waals surface area contributed by atoms with Gasteiger partial charge in [0.15, 0.2) is 0 Å². The smallest absolute Gasteiger partial charge is 0.222 e. The molecule has 0 spiro atoms. The maximum atomic E-state index is 8.49. The largest absolute Gasteiger partial charge is 2.00 e. The van der Waals surface area contributed by atoms with Crippen molar-refractivity contribution in [2.45, 2.75) is 0 Å². The third-order valence-corrected chi connectivity index (χ3v) is 0. The van der Waals surface area contributed by atoms with Gasteiger partial charge in [0.1, 0.15) is 0 Å². The van der Waals surface area contributed by atoms with Crippen molar-refractivity contribution < 1.29 is 85.1 Å². The van der Waals surface area contributed by atoms with Gasteiger partial charge in [-0.1, -0.05) is 0 Å². The van der Waals surface area contributed by atoms with Crippen molar-refractivity contribution in [3.8, 4) is 0 Å². The van der Waals surface area contributed by atoms with Crippen LogP contribution in [0.1, 0.15) is 0 Å². The number of rotatable bonds is 0. The Morgan fingerprint density at radius 1 is 0.455 bits per heavy atom. The van der Waals surface area contributed by atoms with Crippen LogP contribution in [0.5, 0.6) is 0 Å². The normalized spacial score (nSPS) is 10.9. The van der Waals surface area contributed by atoms with Crippen LogP contribution in [0.15, 0.2) is 0 Å². The Morgan fingerprint density at radius 3 is 0.455 bits per heavy atom. The Morgan fingerprint density at radius 2 is 0.455 bits per heavy atom. The Balaban J connectivity index is -0.000000107. The predicted octanol–water partition coefficient (Wildman–Crippen LogP) is -9.51. The zero-order chi connectivity index (χ0) is 9.00. The van der Waals surface area contributed by atoms with Gasteiger partial charge in [-0.25, -0.2) is 37.3 Å². The summed E-state index contributed by atoms with van der Waals surface area (Å²) < 4.78 is 67.9. The third-order valence-electron chi connectivity index (χ3n) is 0. The van der Waals surface area contributed by atoms with Gasteiger partial charge < -0.3 is 0 Å². The molecule has 11 heavy (non-hydrogen) atoms. The van der Waals surface area contributed by atoms with Crippen molar-refractivity contribution in [1.29, 1.82) is 0 Å². The van der Waals surface area contributed by atoms with E-state index in [1.165, 1.54) is 0 Å². The minimum absolute atomic E-state index is 0. The van der Waals surface area contributed by atoms with Crippen LogP contribution in [0.4, 0.5) is 0 Å². The summed E-state index contributed by atoms with van der Waals surface area (Å²) in [5, 5.41) is 0. The average Bonchev–Trinajstić information content (AvgIpc) is 1.12. The van der Waals surface area contributed by atoms with Gasteiger partial charge in [0.05, 0.1) is 0 Å². The van der Waals surface area contributed by atoms with E-state index in [0.29, 0.717) is 0 Å². The summed E-state index contributed by atoms with van der Waals surface area (Å²) in [7, 11) is -9.89. The standard InChI is InChI=1S/Cd.2ClHO4/c;2*2-1(3,4)5/h;2*(H,2,3,4,5)/q+2;;/p-2. The van der Waals surface area contributed by atoms with Gasteiger partial charge >= 0.3 is 27.3 Å². The van der Waals surface area contributed by atoms with E-state index in [0.717, 1.165) is 0 Å². The van der Waals surface area contributed by atoms with Crippen LogP contribution in [-0.2, 0) is 27.3 Å². The van der Waals surface area contributed by atoms with Gasteiger partial charge in [0.2, 0.25) is 0 Å². The number of halogens is 2. The van der Waals surface area contributed by atoms with E-state index in [2.05, 4.69) is 0 Å². The molecule has 0 amide bonds. The average molecular weight is 311 g/mol. The Labute approximate surface area is 84.9 Å². The molecule has 0 aromatic rings. The van der Waals surface area contributed by atoms with Crippen LogP contribution in [0, 0.1) is 20.5 Å². The molecule has 0 aliphatic carbocycles. The van der Waals surface area contributed by atoms with Gasteiger partial charge in [0, 0.05) is 0 Å². The van der Waals surface area contributed by atoms with Crippen molar-refractivity contribution in [3.05, 3.63) is 0 Å². The van der Waals surface area contributed by atoms with Crippen molar-refractivity contribution in [2.24, 2.45) is 0 Å². The first-order valence-electron chi connectivity index (χ1n) is 1.23. The summed E-state index contributed by atoms with van der Waals surface area (Å²) in [6, 6.07) is 0. The van der Waals surface area contributed by atoms with Gasteiger partial charge in [-0.3, -0.25) is 0 Å². The Bertz CT molecular complexity index is 55.1. The zero-order valence-corrected chi connectivity index (χ0v) is 10.3. The fourth-order valence-electron chi connectivity index (χ4n) is 0. The quantitative estimate of drug-likeness (QED) is 0.394. The van der Waals surface area contributed by atoms with Crippen LogP contribution in [0.2, 0.25) is 0 Å². The van der Waals surface area contributed by atoms with E-state index in [9.17, 15) is 0 Å². The maximum Gasteiger partial charge on any atom is 2.00 e. The molecule has 0 radical (unpaired) electrons. The molecule has 0 fully saturated rings. The molecule has 0 saturated carbocycles. The molecule has 0 atom stereocenters. The van der Waals surface area contributed by atoms with Crippen molar-refractivity contribution in [2.75, 3.05) is 0 Å². The summed E-state index contributed by atoms with van der Waals surface area (Å²) in [5.41, 5.74) is 0. The Kier molecular flexibility index (Phi) is 11.0. The third kappa shape index (κ3) is 675. The molecular weight excluding hydrogens is 311 g/mol. The van der Waals surface area contributed by atoms with E-state index >= 15 is 0 Å². The fourth-order valence-corrected chi connectivity index (χ4v) is 0. The van der Waals surface area contributed by atoms with Crippen molar-refractivity contribution in [3.63, 3.8) is 0 Å². The van der Waals surface area contributed by atoms with E-state index in [1.807, 2.05) is 0 Å². The predicted molar refractivity (Wildman–Crippen MR) is 0 cm³/mol.